The molecule has 0 atom stereocenters. The molecule has 0 saturated heterocycles. The Kier molecular flexibility index (Phi) is 10.9. The van der Waals surface area contributed by atoms with Crippen molar-refractivity contribution in [1.82, 2.24) is 10.6 Å². The summed E-state index contributed by atoms with van der Waals surface area (Å²) in [4.78, 5) is 4.32. The molecule has 1 aliphatic carbocycles. The summed E-state index contributed by atoms with van der Waals surface area (Å²) in [6.45, 7) is 2.36. The minimum atomic E-state index is -0.180. The summed E-state index contributed by atoms with van der Waals surface area (Å²) in [6, 6.07) is 5.00. The number of benzene rings is 1. The Hall–Kier alpha value is -0.540. The molecule has 148 valence electrons. The molecule has 2 rings (SSSR count). The highest BCUT2D eigenvalue weighted by Crippen LogP contribution is 2.43. The maximum Gasteiger partial charge on any atom is 0.191 e. The number of hydrogen-bond acceptors (Lipinski definition) is 3. The van der Waals surface area contributed by atoms with E-state index in [-0.39, 0.29) is 29.8 Å². The molecular weight excluding hydrogens is 464 g/mol. The summed E-state index contributed by atoms with van der Waals surface area (Å²) in [5.41, 5.74) is 2.48. The second-order valence-electron chi connectivity index (χ2n) is 6.72. The van der Waals surface area contributed by atoms with Crippen molar-refractivity contribution in [2.75, 3.05) is 33.6 Å². The number of rotatable bonds is 9. The third kappa shape index (κ3) is 6.88. The van der Waals surface area contributed by atoms with E-state index in [4.69, 9.17) is 4.74 Å². The molecule has 4 nitrogen and oxygen atoms in total. The highest BCUT2D eigenvalue weighted by molar-refractivity contribution is 14.0. The van der Waals surface area contributed by atoms with Gasteiger partial charge >= 0.3 is 0 Å². The van der Waals surface area contributed by atoms with E-state index in [0.717, 1.165) is 42.4 Å². The van der Waals surface area contributed by atoms with Crippen LogP contribution in [-0.2, 0) is 17.0 Å². The van der Waals surface area contributed by atoms with Crippen LogP contribution < -0.4 is 10.6 Å². The van der Waals surface area contributed by atoms with Crippen LogP contribution in [0.2, 0.25) is 0 Å². The van der Waals surface area contributed by atoms with Gasteiger partial charge in [-0.15, -0.1) is 24.0 Å². The lowest BCUT2D eigenvalue weighted by Crippen LogP contribution is -2.46. The zero-order valence-electron chi connectivity index (χ0n) is 15.9. The maximum absolute atomic E-state index is 13.5. The van der Waals surface area contributed by atoms with Crippen LogP contribution in [0.25, 0.3) is 0 Å². The molecule has 0 spiro atoms. The lowest BCUT2D eigenvalue weighted by molar-refractivity contribution is 0.0732. The van der Waals surface area contributed by atoms with Crippen LogP contribution in [0.3, 0.4) is 0 Å². The molecule has 0 radical (unpaired) electrons. The molecule has 0 unspecified atom stereocenters. The fourth-order valence-corrected chi connectivity index (χ4v) is 3.82. The Morgan fingerprint density at radius 1 is 1.31 bits per heavy atom. The first-order valence-electron chi connectivity index (χ1n) is 8.82. The summed E-state index contributed by atoms with van der Waals surface area (Å²) in [5, 5.41) is 6.82. The van der Waals surface area contributed by atoms with E-state index >= 15 is 0 Å². The molecule has 1 fully saturated rings. The normalized spacial score (nSPS) is 15.8. The first-order chi connectivity index (χ1) is 12.1. The monoisotopic (exact) mass is 495 g/mol. The molecule has 0 heterocycles. The van der Waals surface area contributed by atoms with Gasteiger partial charge in [0.25, 0.3) is 0 Å². The Morgan fingerprint density at radius 3 is 2.65 bits per heavy atom. The average Bonchev–Trinajstić information content (AvgIpc) is 2.58. The second kappa shape index (κ2) is 12.0. The van der Waals surface area contributed by atoms with Crippen LogP contribution in [0.5, 0.6) is 0 Å². The number of guanidine groups is 1. The lowest BCUT2D eigenvalue weighted by atomic mass is 9.67. The van der Waals surface area contributed by atoms with E-state index in [9.17, 15) is 4.39 Å². The van der Waals surface area contributed by atoms with Crippen LogP contribution in [-0.4, -0.2) is 39.5 Å². The van der Waals surface area contributed by atoms with Crippen LogP contribution in [0.15, 0.2) is 23.2 Å². The molecule has 2 N–H and O–H groups in total. The molecular formula is C19H31FIN3OS. The molecule has 7 heteroatoms. The van der Waals surface area contributed by atoms with Crippen molar-refractivity contribution in [3.8, 4) is 0 Å². The zero-order valence-corrected chi connectivity index (χ0v) is 19.1. The Bertz CT molecular complexity index is 582. The van der Waals surface area contributed by atoms with Gasteiger partial charge in [0.1, 0.15) is 5.82 Å². The van der Waals surface area contributed by atoms with Gasteiger partial charge < -0.3 is 15.4 Å². The summed E-state index contributed by atoms with van der Waals surface area (Å²) in [6.07, 6.45) is 6.90. The van der Waals surface area contributed by atoms with Crippen molar-refractivity contribution in [2.45, 2.75) is 38.0 Å². The quantitative estimate of drug-likeness (QED) is 0.307. The van der Waals surface area contributed by atoms with Crippen molar-refractivity contribution in [2.24, 2.45) is 10.4 Å². The second-order valence-corrected chi connectivity index (χ2v) is 7.59. The summed E-state index contributed by atoms with van der Waals surface area (Å²) >= 11 is 1.70. The smallest absolute Gasteiger partial charge is 0.191 e. The number of thioether (sulfide) groups is 1. The van der Waals surface area contributed by atoms with Gasteiger partial charge in [-0.2, -0.15) is 11.8 Å². The van der Waals surface area contributed by atoms with Gasteiger partial charge in [-0.3, -0.25) is 4.99 Å². The lowest BCUT2D eigenvalue weighted by Gasteiger charge is -2.42. The van der Waals surface area contributed by atoms with Gasteiger partial charge in [0, 0.05) is 39.6 Å². The molecule has 1 aliphatic rings. The number of nitrogens with zero attached hydrogens (tertiary/aromatic N) is 1. The van der Waals surface area contributed by atoms with Crippen LogP contribution in [0.4, 0.5) is 4.39 Å². The predicted molar refractivity (Wildman–Crippen MR) is 120 cm³/mol. The first kappa shape index (κ1) is 23.5. The summed E-state index contributed by atoms with van der Waals surface area (Å²) in [5.74, 6) is 1.42. The zero-order chi connectivity index (χ0) is 18.1. The molecule has 0 aromatic heterocycles. The van der Waals surface area contributed by atoms with E-state index in [0.29, 0.717) is 12.0 Å². The van der Waals surface area contributed by atoms with Gasteiger partial charge in [-0.25, -0.2) is 4.39 Å². The van der Waals surface area contributed by atoms with Crippen molar-refractivity contribution in [1.29, 1.82) is 0 Å². The van der Waals surface area contributed by atoms with Gasteiger partial charge in [0.05, 0.1) is 0 Å². The topological polar surface area (TPSA) is 45.7 Å². The average molecular weight is 495 g/mol. The number of methoxy groups -OCH3 is 1. The van der Waals surface area contributed by atoms with Gasteiger partial charge in [-0.1, -0.05) is 12.5 Å². The van der Waals surface area contributed by atoms with Crippen LogP contribution in [0.1, 0.15) is 36.8 Å². The fourth-order valence-electron chi connectivity index (χ4n) is 3.24. The molecule has 0 amide bonds. The Morgan fingerprint density at radius 2 is 2.08 bits per heavy atom. The first-order valence-corrected chi connectivity index (χ1v) is 10.2. The number of ether oxygens (including phenoxy) is 1. The van der Waals surface area contributed by atoms with Crippen molar-refractivity contribution >= 4 is 41.7 Å². The minimum Gasteiger partial charge on any atom is -0.385 e. The van der Waals surface area contributed by atoms with E-state index in [1.807, 2.05) is 12.3 Å². The fraction of sp³-hybridized carbons (Fsp3) is 0.632. The third-order valence-corrected chi connectivity index (χ3v) is 5.62. The minimum absolute atomic E-state index is 0. The number of nitrogens with one attached hydrogen (secondary N) is 2. The van der Waals surface area contributed by atoms with E-state index in [1.54, 1.807) is 32.0 Å². The number of hydrogen-bond donors (Lipinski definition) is 2. The van der Waals surface area contributed by atoms with Crippen LogP contribution in [0, 0.1) is 11.2 Å². The van der Waals surface area contributed by atoms with Crippen molar-refractivity contribution in [3.05, 3.63) is 35.1 Å². The standard InChI is InChI=1S/C19H30FN3OS.HI/c1-21-18(23-14-19(7-4-8-19)9-10-24-2)22-12-15-5-6-17(20)11-16(15)13-25-3;/h5-6,11H,4,7-10,12-14H2,1-3H3,(H2,21,22,23);1H. The van der Waals surface area contributed by atoms with Gasteiger partial charge in [0.15, 0.2) is 5.96 Å². The third-order valence-electron chi connectivity index (χ3n) is 5.02. The van der Waals surface area contributed by atoms with Gasteiger partial charge in [-0.05, 0) is 54.2 Å². The highest BCUT2D eigenvalue weighted by atomic mass is 127. The maximum atomic E-state index is 13.5. The molecule has 1 saturated carbocycles. The summed E-state index contributed by atoms with van der Waals surface area (Å²) in [7, 11) is 3.54. The molecule has 1 aromatic carbocycles. The number of halogens is 2. The Balaban J connectivity index is 0.00000338. The molecule has 0 bridgehead atoms. The van der Waals surface area contributed by atoms with E-state index < -0.39 is 0 Å². The highest BCUT2D eigenvalue weighted by Gasteiger charge is 2.36. The predicted octanol–water partition coefficient (Wildman–Crippen LogP) is 4.18. The van der Waals surface area contributed by atoms with Crippen molar-refractivity contribution in [3.63, 3.8) is 0 Å². The van der Waals surface area contributed by atoms with E-state index in [1.165, 1.54) is 25.3 Å². The van der Waals surface area contributed by atoms with Gasteiger partial charge in [0.2, 0.25) is 0 Å². The molecule has 26 heavy (non-hydrogen) atoms. The van der Waals surface area contributed by atoms with E-state index in [2.05, 4.69) is 15.6 Å². The molecule has 0 aliphatic heterocycles. The Labute approximate surface area is 178 Å². The number of aliphatic imine (C=N–C) groups is 1. The SMILES string of the molecule is CN=C(NCc1ccc(F)cc1CSC)NCC1(CCOC)CCC1.I. The van der Waals surface area contributed by atoms with Crippen molar-refractivity contribution < 1.29 is 9.13 Å². The van der Waals surface area contributed by atoms with Crippen LogP contribution >= 0.6 is 35.7 Å². The molecule has 1 aromatic rings. The largest absolute Gasteiger partial charge is 0.385 e. The summed E-state index contributed by atoms with van der Waals surface area (Å²) < 4.78 is 18.7.